The minimum atomic E-state index is -0.362. The van der Waals surface area contributed by atoms with Crippen LogP contribution in [0.3, 0.4) is 0 Å². The Balaban J connectivity index is 0.00000256. The third-order valence-electron chi connectivity index (χ3n) is 2.87. The highest BCUT2D eigenvalue weighted by Crippen LogP contribution is 2.19. The van der Waals surface area contributed by atoms with Crippen LogP contribution in [0.1, 0.15) is 31.9 Å². The van der Waals surface area contributed by atoms with Crippen molar-refractivity contribution in [1.82, 2.24) is 0 Å². The third-order valence-corrected chi connectivity index (χ3v) is 2.87. The predicted octanol–water partition coefficient (Wildman–Crippen LogP) is 3.31. The van der Waals surface area contributed by atoms with Crippen LogP contribution in [0.5, 0.6) is 0 Å². The molecule has 1 rings (SSSR count). The molecule has 0 amide bonds. The summed E-state index contributed by atoms with van der Waals surface area (Å²) in [6.45, 7) is 5.89. The lowest BCUT2D eigenvalue weighted by atomic mass is 10.0. The maximum atomic E-state index is 12.2. The number of benzene rings is 1. The van der Waals surface area contributed by atoms with Gasteiger partial charge >= 0.3 is 0 Å². The molecule has 98 valence electrons. The molecular formula is C13H22ClFN2. The molecule has 1 aromatic rings. The molecule has 2 N–H and O–H groups in total. The molecular weight excluding hydrogens is 239 g/mol. The highest BCUT2D eigenvalue weighted by Gasteiger charge is 2.06. The fraction of sp³-hybridized carbons (Fsp3) is 0.538. The molecule has 0 saturated heterocycles. The first-order valence-electron chi connectivity index (χ1n) is 5.89. The fourth-order valence-corrected chi connectivity index (χ4v) is 1.81. The predicted molar refractivity (Wildman–Crippen MR) is 74.8 cm³/mol. The summed E-state index contributed by atoms with van der Waals surface area (Å²) in [5.41, 5.74) is 8.05. The number of nitrogens with two attached hydrogens (primary N) is 1. The van der Waals surface area contributed by atoms with Gasteiger partial charge in [-0.05, 0) is 38.0 Å². The van der Waals surface area contributed by atoms with Crippen molar-refractivity contribution in [1.29, 1.82) is 0 Å². The van der Waals surface area contributed by atoms with Crippen LogP contribution in [0.2, 0.25) is 0 Å². The molecule has 0 radical (unpaired) electrons. The van der Waals surface area contributed by atoms with Gasteiger partial charge in [-0.15, -0.1) is 12.4 Å². The minimum Gasteiger partial charge on any atom is -0.372 e. The molecule has 0 unspecified atom stereocenters. The monoisotopic (exact) mass is 260 g/mol. The standard InChI is InChI=1S/C13H21FN2.ClH/c1-3-16(4-2)12-7-5-11(6-8-12)13(15)9-10-14;/h5-8,13H,3-4,9-10,15H2,1-2H3;1H/t13-;/m0./s1. The Labute approximate surface area is 109 Å². The summed E-state index contributed by atoms with van der Waals surface area (Å²) in [5, 5.41) is 0. The quantitative estimate of drug-likeness (QED) is 0.850. The maximum Gasteiger partial charge on any atom is 0.0912 e. The van der Waals surface area contributed by atoms with Crippen molar-refractivity contribution >= 4 is 18.1 Å². The largest absolute Gasteiger partial charge is 0.372 e. The van der Waals surface area contributed by atoms with E-state index in [4.69, 9.17) is 5.73 Å². The van der Waals surface area contributed by atoms with Crippen LogP contribution in [0.4, 0.5) is 10.1 Å². The summed E-state index contributed by atoms with van der Waals surface area (Å²) in [4.78, 5) is 2.27. The molecule has 2 nitrogen and oxygen atoms in total. The van der Waals surface area contributed by atoms with Crippen molar-refractivity contribution in [3.05, 3.63) is 29.8 Å². The van der Waals surface area contributed by atoms with E-state index in [1.807, 2.05) is 12.1 Å². The van der Waals surface area contributed by atoms with Crippen molar-refractivity contribution in [2.75, 3.05) is 24.7 Å². The molecule has 0 aliphatic heterocycles. The Hall–Kier alpha value is -0.800. The van der Waals surface area contributed by atoms with Gasteiger partial charge in [0.15, 0.2) is 0 Å². The van der Waals surface area contributed by atoms with Crippen molar-refractivity contribution in [3.63, 3.8) is 0 Å². The van der Waals surface area contributed by atoms with E-state index >= 15 is 0 Å². The first kappa shape index (κ1) is 16.2. The summed E-state index contributed by atoms with van der Waals surface area (Å²) >= 11 is 0. The fourth-order valence-electron chi connectivity index (χ4n) is 1.81. The molecule has 1 atom stereocenters. The van der Waals surface area contributed by atoms with Gasteiger partial charge in [0.25, 0.3) is 0 Å². The zero-order valence-corrected chi connectivity index (χ0v) is 11.3. The normalized spacial score (nSPS) is 11.8. The highest BCUT2D eigenvalue weighted by molar-refractivity contribution is 5.85. The van der Waals surface area contributed by atoms with Crippen LogP contribution in [0, 0.1) is 0 Å². The summed E-state index contributed by atoms with van der Waals surface area (Å²) < 4.78 is 12.2. The topological polar surface area (TPSA) is 29.3 Å². The van der Waals surface area contributed by atoms with Crippen molar-refractivity contribution in [2.45, 2.75) is 26.3 Å². The van der Waals surface area contributed by atoms with Gasteiger partial charge in [0.2, 0.25) is 0 Å². The van der Waals surface area contributed by atoms with E-state index in [1.165, 1.54) is 5.69 Å². The van der Waals surface area contributed by atoms with Crippen molar-refractivity contribution < 1.29 is 4.39 Å². The van der Waals surface area contributed by atoms with Crippen LogP contribution in [0.25, 0.3) is 0 Å². The molecule has 0 aliphatic carbocycles. The number of halogens is 2. The minimum absolute atomic E-state index is 0. The molecule has 0 fully saturated rings. The van der Waals surface area contributed by atoms with E-state index < -0.39 is 0 Å². The van der Waals surface area contributed by atoms with Crippen LogP contribution >= 0.6 is 12.4 Å². The molecule has 4 heteroatoms. The summed E-state index contributed by atoms with van der Waals surface area (Å²) in [7, 11) is 0. The van der Waals surface area contributed by atoms with E-state index in [9.17, 15) is 4.39 Å². The number of nitrogens with zero attached hydrogens (tertiary/aromatic N) is 1. The average Bonchev–Trinajstić information content (AvgIpc) is 2.32. The Morgan fingerprint density at radius 1 is 1.18 bits per heavy atom. The summed E-state index contributed by atoms with van der Waals surface area (Å²) in [6, 6.07) is 7.92. The third kappa shape index (κ3) is 4.52. The van der Waals surface area contributed by atoms with Gasteiger partial charge in [0.05, 0.1) is 6.67 Å². The Morgan fingerprint density at radius 3 is 2.12 bits per heavy atom. The zero-order chi connectivity index (χ0) is 12.0. The van der Waals surface area contributed by atoms with E-state index in [0.717, 1.165) is 18.7 Å². The first-order chi connectivity index (χ1) is 7.72. The van der Waals surface area contributed by atoms with Gasteiger partial charge < -0.3 is 10.6 Å². The second-order valence-electron chi connectivity index (χ2n) is 3.85. The number of rotatable bonds is 6. The number of hydrogen-bond donors (Lipinski definition) is 1. The Morgan fingerprint density at radius 2 is 1.71 bits per heavy atom. The van der Waals surface area contributed by atoms with Crippen molar-refractivity contribution in [2.24, 2.45) is 5.73 Å². The van der Waals surface area contributed by atoms with Gasteiger partial charge in [-0.2, -0.15) is 0 Å². The van der Waals surface area contributed by atoms with Crippen molar-refractivity contribution in [3.8, 4) is 0 Å². The zero-order valence-electron chi connectivity index (χ0n) is 10.5. The molecule has 1 aromatic carbocycles. The van der Waals surface area contributed by atoms with E-state index in [0.29, 0.717) is 6.42 Å². The SMILES string of the molecule is CCN(CC)c1ccc([C@@H](N)CCF)cc1.Cl. The van der Waals surface area contributed by atoms with Crippen LogP contribution in [-0.4, -0.2) is 19.8 Å². The van der Waals surface area contributed by atoms with Crippen LogP contribution < -0.4 is 10.6 Å². The molecule has 0 heterocycles. The van der Waals surface area contributed by atoms with Gasteiger partial charge in [-0.25, -0.2) is 0 Å². The van der Waals surface area contributed by atoms with Gasteiger partial charge in [-0.1, -0.05) is 12.1 Å². The Bertz CT molecular complexity index is 299. The lowest BCUT2D eigenvalue weighted by Crippen LogP contribution is -2.21. The lowest BCUT2D eigenvalue weighted by molar-refractivity contribution is 0.442. The molecule has 17 heavy (non-hydrogen) atoms. The number of alkyl halides is 1. The first-order valence-corrected chi connectivity index (χ1v) is 5.89. The van der Waals surface area contributed by atoms with E-state index in [2.05, 4.69) is 30.9 Å². The molecule has 0 saturated carbocycles. The molecule has 0 bridgehead atoms. The van der Waals surface area contributed by atoms with E-state index in [-0.39, 0.29) is 25.1 Å². The summed E-state index contributed by atoms with van der Waals surface area (Å²) in [5.74, 6) is 0. The maximum absolute atomic E-state index is 12.2. The van der Waals surface area contributed by atoms with E-state index in [1.54, 1.807) is 0 Å². The number of hydrogen-bond acceptors (Lipinski definition) is 2. The molecule has 0 spiro atoms. The Kier molecular flexibility index (Phi) is 7.92. The molecule has 0 aliphatic rings. The number of anilines is 1. The smallest absolute Gasteiger partial charge is 0.0912 e. The highest BCUT2D eigenvalue weighted by atomic mass is 35.5. The van der Waals surface area contributed by atoms with Gasteiger partial charge in [0, 0.05) is 24.8 Å². The summed E-state index contributed by atoms with van der Waals surface area (Å²) in [6.07, 6.45) is 0.393. The van der Waals surface area contributed by atoms with Gasteiger partial charge in [-0.3, -0.25) is 4.39 Å². The van der Waals surface area contributed by atoms with Crippen LogP contribution in [0.15, 0.2) is 24.3 Å². The van der Waals surface area contributed by atoms with Crippen LogP contribution in [-0.2, 0) is 0 Å². The lowest BCUT2D eigenvalue weighted by Gasteiger charge is -2.21. The second-order valence-corrected chi connectivity index (χ2v) is 3.85. The van der Waals surface area contributed by atoms with Gasteiger partial charge in [0.1, 0.15) is 0 Å². The molecule has 0 aromatic heterocycles. The second kappa shape index (κ2) is 8.31. The average molecular weight is 261 g/mol.